The number of hydrogen-bond donors (Lipinski definition) is 5. The quantitative estimate of drug-likeness (QED) is 0.160. The lowest BCUT2D eigenvalue weighted by Gasteiger charge is -2.49. The van der Waals surface area contributed by atoms with Gasteiger partial charge in [0, 0.05) is 56.6 Å². The van der Waals surface area contributed by atoms with Crippen LogP contribution < -0.4 is 9.80 Å². The molecular formula is C55H87FN6O16. The summed E-state index contributed by atoms with van der Waals surface area (Å²) >= 11 is 0. The molecule has 23 heteroatoms. The first-order valence-electron chi connectivity index (χ1n) is 27.8. The minimum Gasteiger partial charge on any atom is -0.459 e. The summed E-state index contributed by atoms with van der Waals surface area (Å²) in [4.78, 5) is 46.8. The Hall–Kier alpha value is -3.98. The number of amides is 1. The van der Waals surface area contributed by atoms with E-state index in [1.165, 1.54) is 38.8 Å². The predicted octanol–water partition coefficient (Wildman–Crippen LogP) is 3.38. The van der Waals surface area contributed by atoms with Crippen molar-refractivity contribution in [2.45, 2.75) is 205 Å². The normalized spacial score (nSPS) is 39.8. The van der Waals surface area contributed by atoms with Crippen LogP contribution in [0, 0.1) is 29.5 Å². The number of ether oxygens (including phenoxy) is 8. The van der Waals surface area contributed by atoms with Crippen molar-refractivity contribution in [3.8, 4) is 0 Å². The van der Waals surface area contributed by atoms with E-state index in [1.54, 1.807) is 64.6 Å². The zero-order valence-electron chi connectivity index (χ0n) is 47.5. The molecule has 2 aromatic rings. The number of benzene rings is 1. The van der Waals surface area contributed by atoms with Crippen LogP contribution in [0.15, 0.2) is 24.4 Å². The van der Waals surface area contributed by atoms with Gasteiger partial charge in [0.15, 0.2) is 12.6 Å². The van der Waals surface area contributed by atoms with Gasteiger partial charge >= 0.3 is 12.1 Å². The first-order chi connectivity index (χ1) is 36.7. The Morgan fingerprint density at radius 2 is 1.63 bits per heavy atom. The Morgan fingerprint density at radius 1 is 0.923 bits per heavy atom. The molecule has 1 aromatic heterocycles. The Morgan fingerprint density at radius 3 is 2.29 bits per heavy atom. The van der Waals surface area contributed by atoms with E-state index in [-0.39, 0.29) is 32.4 Å². The first kappa shape index (κ1) is 61.6. The molecule has 1 aromatic carbocycles. The Kier molecular flexibility index (Phi) is 20.1. The molecule has 7 rings (SSSR count). The number of esters is 1. The molecular weight excluding hydrogens is 1020 g/mol. The molecule has 1 amide bonds. The van der Waals surface area contributed by atoms with E-state index in [2.05, 4.69) is 10.3 Å². The molecule has 5 fully saturated rings. The molecule has 78 heavy (non-hydrogen) atoms. The van der Waals surface area contributed by atoms with E-state index < -0.39 is 138 Å². The van der Waals surface area contributed by atoms with Crippen molar-refractivity contribution in [2.75, 3.05) is 63.4 Å². The third-order valence-corrected chi connectivity index (χ3v) is 17.1. The van der Waals surface area contributed by atoms with Gasteiger partial charge in [0.2, 0.25) is 0 Å². The standard InChI is InChI=1S/C55H87FN6O16/c1-13-42-55(10,70)47(65)32(4)44(63)30(2)25-53(8,69)49(33(5)46(34(6)50(67)76-42)77-43-26-54(9,71-12)48(66)35(7)74-43)78-51-45(64)41(23-31(3)73-51)59(11)18-14-15-36-27-61(58-57-36)28-38-29-62(52(68)75-38)37-16-17-40(39(56)24-37)60-19-21-72-22-20-60/h16-17,24,27,30-35,38,41-43,45-49,51,64-66,69-70H,13-15,18-23,25-26,28-29H2,1-12H3/t30-,31-,32+,33+,34-,35+,38+,41+,42-,43+,45-,46+,47-,48+,49-,51+,53-,54-,55-/m1/s1. The molecule has 0 saturated carbocycles. The highest BCUT2D eigenvalue weighted by molar-refractivity contribution is 5.90. The number of rotatable bonds is 15. The number of aryl methyl sites for hydroxylation is 1. The van der Waals surface area contributed by atoms with E-state index in [1.807, 2.05) is 23.8 Å². The molecule has 5 aliphatic rings. The lowest BCUT2D eigenvalue weighted by atomic mass is 9.74. The fourth-order valence-electron chi connectivity index (χ4n) is 12.3. The van der Waals surface area contributed by atoms with Crippen molar-refractivity contribution >= 4 is 29.2 Å². The number of aromatic nitrogens is 3. The van der Waals surface area contributed by atoms with Crippen molar-refractivity contribution in [3.63, 3.8) is 0 Å². The smallest absolute Gasteiger partial charge is 0.414 e. The van der Waals surface area contributed by atoms with Gasteiger partial charge in [0.1, 0.15) is 41.6 Å². The fraction of sp³-hybridized carbons (Fsp3) is 0.800. The van der Waals surface area contributed by atoms with Crippen LogP contribution in [0.4, 0.5) is 20.6 Å². The van der Waals surface area contributed by atoms with E-state index in [0.29, 0.717) is 69.2 Å². The molecule has 19 atom stereocenters. The van der Waals surface area contributed by atoms with E-state index in [0.717, 1.165) is 0 Å². The second kappa shape index (κ2) is 25.4. The summed E-state index contributed by atoms with van der Waals surface area (Å²) in [5.41, 5.74) is -3.48. The average Bonchev–Trinajstić information content (AvgIpc) is 4.05. The highest BCUT2D eigenvalue weighted by Gasteiger charge is 2.54. The Bertz CT molecular complexity index is 2340. The Balaban J connectivity index is 1.04. The summed E-state index contributed by atoms with van der Waals surface area (Å²) in [5, 5.41) is 68.0. The summed E-state index contributed by atoms with van der Waals surface area (Å²) < 4.78 is 65.7. The monoisotopic (exact) mass is 1110 g/mol. The highest BCUT2D eigenvalue weighted by atomic mass is 19.1. The molecule has 5 aliphatic heterocycles. The number of nitrogens with zero attached hydrogens (tertiary/aromatic N) is 6. The number of ketones is 1. The molecule has 0 spiro atoms. The highest BCUT2D eigenvalue weighted by Crippen LogP contribution is 2.41. The fourth-order valence-corrected chi connectivity index (χ4v) is 12.3. The number of cyclic esters (lactones) is 2. The van der Waals surface area contributed by atoms with Gasteiger partial charge in [-0.3, -0.25) is 14.5 Å². The molecule has 0 radical (unpaired) electrons. The van der Waals surface area contributed by atoms with Crippen LogP contribution in [0.5, 0.6) is 0 Å². The number of hydrogen-bond acceptors (Lipinski definition) is 20. The number of halogens is 1. The minimum absolute atomic E-state index is 0.0470. The number of aliphatic hydroxyl groups excluding tert-OH is 3. The van der Waals surface area contributed by atoms with Gasteiger partial charge in [0.05, 0.1) is 91.0 Å². The number of likely N-dealkylation sites (N-methyl/N-ethyl adjacent to an activating group) is 1. The molecule has 5 saturated heterocycles. The van der Waals surface area contributed by atoms with Gasteiger partial charge in [-0.1, -0.05) is 32.9 Å². The van der Waals surface area contributed by atoms with Gasteiger partial charge < -0.3 is 73.2 Å². The number of methoxy groups -OCH3 is 1. The van der Waals surface area contributed by atoms with E-state index in [4.69, 9.17) is 37.9 Å². The third-order valence-electron chi connectivity index (χ3n) is 17.1. The number of anilines is 2. The summed E-state index contributed by atoms with van der Waals surface area (Å²) in [5.74, 6) is -5.77. The lowest BCUT2D eigenvalue weighted by Crippen LogP contribution is -2.61. The molecule has 5 N–H and O–H groups in total. The van der Waals surface area contributed by atoms with Gasteiger partial charge in [-0.25, -0.2) is 13.9 Å². The maximum atomic E-state index is 15.2. The van der Waals surface area contributed by atoms with Gasteiger partial charge in [-0.2, -0.15) is 0 Å². The molecule has 440 valence electrons. The van der Waals surface area contributed by atoms with Crippen molar-refractivity contribution in [1.82, 2.24) is 19.9 Å². The summed E-state index contributed by atoms with van der Waals surface area (Å²) in [7, 11) is 3.36. The SMILES string of the molecule is CC[C@H]1OC(=O)[C@H](C)[C@@H](O[C@H]2C[C@@](C)(OC)[C@@H](O)[C@H](C)O2)[C@H](C)[C@@H](O[C@@H]2O[C@H](C)C[C@H](N(C)CCCc3cn(C[C@H]4CN(c5ccc(N6CCOCC6)c(F)c5)C(=O)O4)nn3)[C@H]2O)[C@](C)(O)C[C@@H](C)C(=O)[C@H](C)[C@@H](O)[C@]1(C)O. The van der Waals surface area contributed by atoms with Crippen molar-refractivity contribution in [3.05, 3.63) is 35.9 Å². The second-order valence-electron chi connectivity index (χ2n) is 23.4. The largest absolute Gasteiger partial charge is 0.459 e. The molecule has 22 nitrogen and oxygen atoms in total. The number of carbonyl (C=O) groups excluding carboxylic acids is 3. The molecule has 6 heterocycles. The third kappa shape index (κ3) is 13.7. The number of aliphatic hydroxyl groups is 5. The van der Waals surface area contributed by atoms with Crippen LogP contribution >= 0.6 is 0 Å². The zero-order chi connectivity index (χ0) is 57.2. The zero-order valence-corrected chi connectivity index (χ0v) is 47.5. The molecule has 0 bridgehead atoms. The summed E-state index contributed by atoms with van der Waals surface area (Å²) in [6.45, 7) is 19.4. The topological polar surface area (TPSA) is 267 Å². The second-order valence-corrected chi connectivity index (χ2v) is 23.4. The first-order valence-corrected chi connectivity index (χ1v) is 27.8. The van der Waals surface area contributed by atoms with Crippen molar-refractivity contribution < 1.29 is 82.2 Å². The van der Waals surface area contributed by atoms with Gasteiger partial charge in [-0.15, -0.1) is 5.10 Å². The lowest BCUT2D eigenvalue weighted by molar-refractivity contribution is -0.318. The number of Topliss-reactive ketones (excluding diaryl/α,β-unsaturated/α-hetero) is 1. The number of morpholine rings is 1. The van der Waals surface area contributed by atoms with Crippen LogP contribution in [0.25, 0.3) is 0 Å². The van der Waals surface area contributed by atoms with Crippen molar-refractivity contribution in [1.29, 1.82) is 0 Å². The van der Waals surface area contributed by atoms with E-state index in [9.17, 15) is 39.9 Å². The summed E-state index contributed by atoms with van der Waals surface area (Å²) in [6, 6.07) is 4.25. The van der Waals surface area contributed by atoms with Crippen LogP contribution in [0.3, 0.4) is 0 Å². The predicted molar refractivity (Wildman–Crippen MR) is 281 cm³/mol. The van der Waals surface area contributed by atoms with Crippen LogP contribution in [-0.2, 0) is 60.4 Å². The van der Waals surface area contributed by atoms with Gasteiger partial charge in [0.25, 0.3) is 0 Å². The Labute approximate surface area is 457 Å². The minimum atomic E-state index is -2.05. The van der Waals surface area contributed by atoms with Gasteiger partial charge in [-0.05, 0) is 105 Å². The molecule has 0 aliphatic carbocycles. The number of carbonyl (C=O) groups is 3. The van der Waals surface area contributed by atoms with E-state index >= 15 is 4.39 Å². The average molecular weight is 1110 g/mol. The maximum absolute atomic E-state index is 15.2. The molecule has 0 unspecified atom stereocenters. The van der Waals surface area contributed by atoms with Crippen molar-refractivity contribution in [2.24, 2.45) is 23.7 Å². The summed E-state index contributed by atoms with van der Waals surface area (Å²) in [6.07, 6.45) is -9.01. The maximum Gasteiger partial charge on any atom is 0.414 e. The van der Waals surface area contributed by atoms with Crippen LogP contribution in [0.1, 0.15) is 107 Å². The van der Waals surface area contributed by atoms with Crippen LogP contribution in [-0.4, -0.2) is 207 Å². The van der Waals surface area contributed by atoms with Crippen LogP contribution in [0.2, 0.25) is 0 Å².